The van der Waals surface area contributed by atoms with Crippen LogP contribution in [0.15, 0.2) is 48.2 Å². The van der Waals surface area contributed by atoms with Crippen LogP contribution >= 0.6 is 0 Å². The Hall–Kier alpha value is -3.81. The Morgan fingerprint density at radius 2 is 2.00 bits per heavy atom. The lowest BCUT2D eigenvalue weighted by Gasteiger charge is -2.07. The molecule has 0 aromatic heterocycles. The highest BCUT2D eigenvalue weighted by atomic mass is 16.5. The maximum atomic E-state index is 12.5. The molecule has 1 heterocycles. The third kappa shape index (κ3) is 4.47. The molecule has 0 spiro atoms. The van der Waals surface area contributed by atoms with Gasteiger partial charge in [-0.3, -0.25) is 14.4 Å². The van der Waals surface area contributed by atoms with E-state index < -0.39 is 18.4 Å². The number of methoxy groups -OCH3 is 1. The predicted octanol–water partition coefficient (Wildman–Crippen LogP) is 1.89. The molecule has 144 valence electrons. The van der Waals surface area contributed by atoms with Gasteiger partial charge in [-0.1, -0.05) is 12.1 Å². The van der Waals surface area contributed by atoms with Crippen LogP contribution in [0.1, 0.15) is 15.9 Å². The molecule has 2 aromatic rings. The Bertz CT molecular complexity index is 965. The van der Waals surface area contributed by atoms with Crippen molar-refractivity contribution >= 4 is 23.7 Å². The molecular weight excluding hydrogens is 366 g/mol. The van der Waals surface area contributed by atoms with E-state index in [1.165, 1.54) is 6.07 Å². The number of rotatable bonds is 7. The normalized spacial score (nSPS) is 13.6. The highest BCUT2D eigenvalue weighted by molar-refractivity contribution is 6.14. The van der Waals surface area contributed by atoms with Crippen molar-refractivity contribution < 1.29 is 33.7 Å². The molecule has 8 nitrogen and oxygen atoms in total. The third-order valence-electron chi connectivity index (χ3n) is 3.84. The van der Waals surface area contributed by atoms with Gasteiger partial charge < -0.3 is 24.6 Å². The average Bonchev–Trinajstić information content (AvgIpc) is 2.99. The Morgan fingerprint density at radius 1 is 1.18 bits per heavy atom. The van der Waals surface area contributed by atoms with Crippen molar-refractivity contribution in [3.8, 4) is 17.2 Å². The summed E-state index contributed by atoms with van der Waals surface area (Å²) in [6.45, 7) is -0.838. The van der Waals surface area contributed by atoms with Crippen LogP contribution in [0.2, 0.25) is 0 Å². The predicted molar refractivity (Wildman–Crippen MR) is 98.5 cm³/mol. The molecule has 28 heavy (non-hydrogen) atoms. The average molecular weight is 383 g/mol. The van der Waals surface area contributed by atoms with E-state index >= 15 is 0 Å². The van der Waals surface area contributed by atoms with Gasteiger partial charge in [0.15, 0.2) is 12.4 Å². The minimum absolute atomic E-state index is 0.166. The van der Waals surface area contributed by atoms with Gasteiger partial charge in [0.25, 0.3) is 5.91 Å². The molecule has 8 heteroatoms. The molecule has 1 aliphatic rings. The summed E-state index contributed by atoms with van der Waals surface area (Å²) in [5.41, 5.74) is 1.14. The fraction of sp³-hybridized carbons (Fsp3) is 0.150. The zero-order chi connectivity index (χ0) is 20.1. The van der Waals surface area contributed by atoms with E-state index in [9.17, 15) is 14.4 Å². The Labute approximate surface area is 160 Å². The van der Waals surface area contributed by atoms with Gasteiger partial charge >= 0.3 is 5.97 Å². The number of hydrogen-bond donors (Lipinski definition) is 2. The third-order valence-corrected chi connectivity index (χ3v) is 3.84. The Balaban J connectivity index is 1.69. The zero-order valence-electron chi connectivity index (χ0n) is 14.9. The van der Waals surface area contributed by atoms with Gasteiger partial charge in [-0.05, 0) is 35.9 Å². The van der Waals surface area contributed by atoms with E-state index in [1.807, 2.05) is 6.07 Å². The van der Waals surface area contributed by atoms with Crippen LogP contribution in [0, 0.1) is 0 Å². The fourth-order valence-corrected chi connectivity index (χ4v) is 2.51. The van der Waals surface area contributed by atoms with Crippen LogP contribution in [-0.2, 0) is 9.59 Å². The van der Waals surface area contributed by atoms with Crippen LogP contribution in [-0.4, -0.2) is 43.0 Å². The second-order valence-electron chi connectivity index (χ2n) is 5.83. The number of allylic oxidation sites excluding steroid dienone is 1. The van der Waals surface area contributed by atoms with Crippen molar-refractivity contribution in [2.75, 3.05) is 20.3 Å². The lowest BCUT2D eigenvalue weighted by Crippen LogP contribution is -2.33. The summed E-state index contributed by atoms with van der Waals surface area (Å²) in [6.07, 6.45) is 1.62. The number of ketones is 1. The van der Waals surface area contributed by atoms with Crippen LogP contribution in [0.5, 0.6) is 17.2 Å². The number of carboxylic acids is 1. The zero-order valence-corrected chi connectivity index (χ0v) is 14.9. The molecule has 0 aliphatic carbocycles. The van der Waals surface area contributed by atoms with Gasteiger partial charge in [-0.15, -0.1) is 0 Å². The maximum absolute atomic E-state index is 12.5. The largest absolute Gasteiger partial charge is 0.497 e. The molecule has 1 amide bonds. The van der Waals surface area contributed by atoms with Crippen molar-refractivity contribution in [2.45, 2.75) is 0 Å². The van der Waals surface area contributed by atoms with E-state index in [-0.39, 0.29) is 18.1 Å². The summed E-state index contributed by atoms with van der Waals surface area (Å²) >= 11 is 0. The second kappa shape index (κ2) is 8.26. The topological polar surface area (TPSA) is 111 Å². The van der Waals surface area contributed by atoms with Crippen LogP contribution in [0.3, 0.4) is 0 Å². The van der Waals surface area contributed by atoms with Crippen molar-refractivity contribution in [3.05, 3.63) is 59.4 Å². The number of amides is 1. The van der Waals surface area contributed by atoms with Gasteiger partial charge in [0.1, 0.15) is 23.8 Å². The SMILES string of the molecule is COc1cccc(/C=C2\Oc3cc(OCC(=O)NCC(=O)O)ccc3C2=O)c1. The first-order valence-corrected chi connectivity index (χ1v) is 8.30. The van der Waals surface area contributed by atoms with Crippen molar-refractivity contribution in [2.24, 2.45) is 0 Å². The van der Waals surface area contributed by atoms with Gasteiger partial charge in [0, 0.05) is 6.07 Å². The Kier molecular flexibility index (Phi) is 5.59. The first kappa shape index (κ1) is 19.0. The highest BCUT2D eigenvalue weighted by Crippen LogP contribution is 2.35. The number of fused-ring (bicyclic) bond motifs is 1. The standard InChI is InChI=1S/C20H17NO7/c1-26-13-4-2-3-12(7-13)8-17-20(25)15-6-5-14(9-16(15)28-17)27-11-18(22)21-10-19(23)24/h2-9H,10-11H2,1H3,(H,21,22)(H,23,24)/b17-8-. The molecule has 1 aliphatic heterocycles. The van der Waals surface area contributed by atoms with E-state index in [1.54, 1.807) is 43.5 Å². The number of ether oxygens (including phenoxy) is 3. The van der Waals surface area contributed by atoms with Gasteiger partial charge in [0.2, 0.25) is 5.78 Å². The molecule has 0 radical (unpaired) electrons. The molecule has 0 saturated heterocycles. The Morgan fingerprint density at radius 3 is 2.75 bits per heavy atom. The molecule has 0 atom stereocenters. The number of nitrogens with one attached hydrogen (secondary N) is 1. The number of carboxylic acid groups (broad SMARTS) is 1. The summed E-state index contributed by atoms with van der Waals surface area (Å²) in [5.74, 6) is -0.508. The lowest BCUT2D eigenvalue weighted by atomic mass is 10.1. The van der Waals surface area contributed by atoms with Gasteiger partial charge in [0.05, 0.1) is 12.7 Å². The summed E-state index contributed by atoms with van der Waals surface area (Å²) < 4.78 is 16.1. The van der Waals surface area contributed by atoms with Gasteiger partial charge in [-0.2, -0.15) is 0 Å². The van der Waals surface area contributed by atoms with E-state index in [0.29, 0.717) is 22.8 Å². The van der Waals surface area contributed by atoms with Gasteiger partial charge in [-0.25, -0.2) is 0 Å². The number of aliphatic carboxylic acids is 1. The number of hydrogen-bond acceptors (Lipinski definition) is 6. The molecule has 0 bridgehead atoms. The minimum Gasteiger partial charge on any atom is -0.497 e. The van der Waals surface area contributed by atoms with E-state index in [4.69, 9.17) is 19.3 Å². The summed E-state index contributed by atoms with van der Waals surface area (Å²) in [6, 6.07) is 11.8. The molecular formula is C20H17NO7. The molecule has 0 unspecified atom stereocenters. The summed E-state index contributed by atoms with van der Waals surface area (Å²) in [4.78, 5) is 34.4. The lowest BCUT2D eigenvalue weighted by molar-refractivity contribution is -0.138. The minimum atomic E-state index is -1.15. The summed E-state index contributed by atoms with van der Waals surface area (Å²) in [7, 11) is 1.56. The van der Waals surface area contributed by atoms with Crippen molar-refractivity contribution in [1.82, 2.24) is 5.32 Å². The second-order valence-corrected chi connectivity index (χ2v) is 5.83. The summed E-state index contributed by atoms with van der Waals surface area (Å²) in [5, 5.41) is 10.7. The van der Waals surface area contributed by atoms with E-state index in [2.05, 4.69) is 5.32 Å². The first-order valence-electron chi connectivity index (χ1n) is 8.30. The first-order chi connectivity index (χ1) is 13.5. The highest BCUT2D eigenvalue weighted by Gasteiger charge is 2.27. The van der Waals surface area contributed by atoms with E-state index in [0.717, 1.165) is 5.56 Å². The monoisotopic (exact) mass is 383 g/mol. The van der Waals surface area contributed by atoms with Crippen molar-refractivity contribution in [3.63, 3.8) is 0 Å². The smallest absolute Gasteiger partial charge is 0.322 e. The van der Waals surface area contributed by atoms with Crippen LogP contribution < -0.4 is 19.5 Å². The molecule has 2 N–H and O–H groups in total. The quantitative estimate of drug-likeness (QED) is 0.702. The molecule has 3 rings (SSSR count). The number of carbonyl (C=O) groups excluding carboxylic acids is 2. The maximum Gasteiger partial charge on any atom is 0.322 e. The molecule has 0 fully saturated rings. The number of Topliss-reactive ketones (excluding diaryl/α,β-unsaturated/α-hetero) is 1. The molecule has 0 saturated carbocycles. The molecule has 2 aromatic carbocycles. The van der Waals surface area contributed by atoms with Crippen molar-refractivity contribution in [1.29, 1.82) is 0 Å². The number of carbonyl (C=O) groups is 3. The fourth-order valence-electron chi connectivity index (χ4n) is 2.51. The van der Waals surface area contributed by atoms with Crippen LogP contribution in [0.4, 0.5) is 0 Å². The van der Waals surface area contributed by atoms with Crippen LogP contribution in [0.25, 0.3) is 6.08 Å². The number of benzene rings is 2.